The molecule has 118 valence electrons. The van der Waals surface area contributed by atoms with E-state index in [2.05, 4.69) is 5.32 Å². The van der Waals surface area contributed by atoms with Gasteiger partial charge in [-0.2, -0.15) is 0 Å². The molecule has 1 saturated carbocycles. The van der Waals surface area contributed by atoms with Crippen LogP contribution in [0.2, 0.25) is 5.02 Å². The SMILES string of the molecule is O=C(N[C@H]1CC(=O)N(c2ccc(Cl)cc2)C1)C1CCCCC1. The van der Waals surface area contributed by atoms with E-state index < -0.39 is 0 Å². The van der Waals surface area contributed by atoms with Crippen molar-refractivity contribution in [2.24, 2.45) is 5.92 Å². The number of amides is 2. The molecule has 1 aliphatic heterocycles. The monoisotopic (exact) mass is 320 g/mol. The number of benzene rings is 1. The fourth-order valence-electron chi connectivity index (χ4n) is 3.36. The van der Waals surface area contributed by atoms with Gasteiger partial charge in [-0.05, 0) is 37.1 Å². The molecule has 0 radical (unpaired) electrons. The van der Waals surface area contributed by atoms with Gasteiger partial charge in [-0.3, -0.25) is 9.59 Å². The number of carbonyl (C=O) groups excluding carboxylic acids is 2. The Balaban J connectivity index is 1.59. The smallest absolute Gasteiger partial charge is 0.229 e. The molecule has 5 heteroatoms. The summed E-state index contributed by atoms with van der Waals surface area (Å²) in [6, 6.07) is 7.14. The van der Waals surface area contributed by atoms with Crippen molar-refractivity contribution in [3.05, 3.63) is 29.3 Å². The zero-order valence-corrected chi connectivity index (χ0v) is 13.3. The van der Waals surface area contributed by atoms with Crippen LogP contribution >= 0.6 is 11.6 Å². The van der Waals surface area contributed by atoms with Gasteiger partial charge in [-0.15, -0.1) is 0 Å². The molecular weight excluding hydrogens is 300 g/mol. The summed E-state index contributed by atoms with van der Waals surface area (Å²) in [5, 5.41) is 3.71. The van der Waals surface area contributed by atoms with Crippen molar-refractivity contribution in [2.45, 2.75) is 44.6 Å². The van der Waals surface area contributed by atoms with Gasteiger partial charge >= 0.3 is 0 Å². The molecule has 1 atom stereocenters. The van der Waals surface area contributed by atoms with Crippen LogP contribution in [0, 0.1) is 5.92 Å². The van der Waals surface area contributed by atoms with Crippen LogP contribution < -0.4 is 10.2 Å². The van der Waals surface area contributed by atoms with Gasteiger partial charge in [0, 0.05) is 29.6 Å². The van der Waals surface area contributed by atoms with Crippen LogP contribution in [-0.4, -0.2) is 24.4 Å². The van der Waals surface area contributed by atoms with E-state index in [4.69, 9.17) is 11.6 Å². The highest BCUT2D eigenvalue weighted by Gasteiger charge is 2.33. The van der Waals surface area contributed by atoms with Crippen molar-refractivity contribution in [3.63, 3.8) is 0 Å². The van der Waals surface area contributed by atoms with E-state index in [9.17, 15) is 9.59 Å². The van der Waals surface area contributed by atoms with Crippen LogP contribution in [-0.2, 0) is 9.59 Å². The number of nitrogens with zero attached hydrogens (tertiary/aromatic N) is 1. The molecule has 1 aromatic rings. The number of rotatable bonds is 3. The maximum Gasteiger partial charge on any atom is 0.229 e. The van der Waals surface area contributed by atoms with Gasteiger partial charge < -0.3 is 10.2 Å². The zero-order chi connectivity index (χ0) is 15.5. The lowest BCUT2D eigenvalue weighted by Crippen LogP contribution is -2.41. The van der Waals surface area contributed by atoms with E-state index in [1.54, 1.807) is 17.0 Å². The summed E-state index contributed by atoms with van der Waals surface area (Å²) in [5.41, 5.74) is 0.837. The molecule has 1 aromatic carbocycles. The van der Waals surface area contributed by atoms with Gasteiger partial charge in [-0.1, -0.05) is 30.9 Å². The molecule has 1 saturated heterocycles. The molecule has 0 aromatic heterocycles. The second-order valence-corrected chi connectivity index (χ2v) is 6.66. The Morgan fingerprint density at radius 3 is 2.50 bits per heavy atom. The summed E-state index contributed by atoms with van der Waals surface area (Å²) in [6.07, 6.45) is 5.84. The number of hydrogen-bond acceptors (Lipinski definition) is 2. The maximum atomic E-state index is 12.3. The van der Waals surface area contributed by atoms with Crippen molar-refractivity contribution in [1.29, 1.82) is 0 Å². The molecule has 0 unspecified atom stereocenters. The van der Waals surface area contributed by atoms with Crippen LogP contribution in [0.15, 0.2) is 24.3 Å². The predicted molar refractivity (Wildman–Crippen MR) is 86.9 cm³/mol. The van der Waals surface area contributed by atoms with Gasteiger partial charge in [0.25, 0.3) is 0 Å². The number of anilines is 1. The number of carbonyl (C=O) groups is 2. The minimum Gasteiger partial charge on any atom is -0.351 e. The normalized spacial score (nSPS) is 22.9. The summed E-state index contributed by atoms with van der Waals surface area (Å²) in [4.78, 5) is 26.2. The van der Waals surface area contributed by atoms with Crippen molar-refractivity contribution in [3.8, 4) is 0 Å². The molecule has 2 aliphatic rings. The molecule has 3 rings (SSSR count). The van der Waals surface area contributed by atoms with E-state index in [0.29, 0.717) is 18.0 Å². The third-order valence-corrected chi connectivity index (χ3v) is 4.84. The van der Waals surface area contributed by atoms with Crippen LogP contribution in [0.1, 0.15) is 38.5 Å². The first-order valence-electron chi connectivity index (χ1n) is 8.00. The van der Waals surface area contributed by atoms with E-state index in [1.165, 1.54) is 6.42 Å². The Morgan fingerprint density at radius 1 is 1.14 bits per heavy atom. The topological polar surface area (TPSA) is 49.4 Å². The molecule has 2 amide bonds. The molecule has 0 spiro atoms. The van der Waals surface area contributed by atoms with Crippen LogP contribution in [0.4, 0.5) is 5.69 Å². The van der Waals surface area contributed by atoms with Crippen LogP contribution in [0.25, 0.3) is 0 Å². The fraction of sp³-hybridized carbons (Fsp3) is 0.529. The third kappa shape index (κ3) is 3.43. The quantitative estimate of drug-likeness (QED) is 0.930. The van der Waals surface area contributed by atoms with E-state index in [0.717, 1.165) is 31.4 Å². The fourth-order valence-corrected chi connectivity index (χ4v) is 3.48. The standard InChI is InChI=1S/C17H21ClN2O2/c18-13-6-8-15(9-7-13)20-11-14(10-16(20)21)19-17(22)12-4-2-1-3-5-12/h6-9,12,14H,1-5,10-11H2,(H,19,22)/t14-/m0/s1. The molecule has 1 heterocycles. The summed E-state index contributed by atoms with van der Waals surface area (Å²) in [5.74, 6) is 0.306. The van der Waals surface area contributed by atoms with Crippen molar-refractivity contribution in [2.75, 3.05) is 11.4 Å². The lowest BCUT2D eigenvalue weighted by Gasteiger charge is -2.23. The Morgan fingerprint density at radius 2 is 1.82 bits per heavy atom. The van der Waals surface area contributed by atoms with Gasteiger partial charge in [0.05, 0.1) is 6.04 Å². The van der Waals surface area contributed by atoms with Gasteiger partial charge in [0.15, 0.2) is 0 Å². The van der Waals surface area contributed by atoms with Crippen LogP contribution in [0.5, 0.6) is 0 Å². The number of halogens is 1. The third-order valence-electron chi connectivity index (χ3n) is 4.59. The molecule has 22 heavy (non-hydrogen) atoms. The van der Waals surface area contributed by atoms with Crippen molar-refractivity contribution >= 4 is 29.1 Å². The average molecular weight is 321 g/mol. The van der Waals surface area contributed by atoms with E-state index in [1.807, 2.05) is 12.1 Å². The first kappa shape index (κ1) is 15.3. The van der Waals surface area contributed by atoms with E-state index >= 15 is 0 Å². The van der Waals surface area contributed by atoms with Crippen molar-refractivity contribution < 1.29 is 9.59 Å². The molecule has 2 fully saturated rings. The Kier molecular flexibility index (Phi) is 4.67. The average Bonchev–Trinajstić information content (AvgIpc) is 2.89. The molecular formula is C17H21ClN2O2. The first-order valence-corrected chi connectivity index (χ1v) is 8.37. The van der Waals surface area contributed by atoms with Crippen molar-refractivity contribution in [1.82, 2.24) is 5.32 Å². The summed E-state index contributed by atoms with van der Waals surface area (Å²) in [6.45, 7) is 0.541. The summed E-state index contributed by atoms with van der Waals surface area (Å²) >= 11 is 5.88. The Bertz CT molecular complexity index is 552. The second kappa shape index (κ2) is 6.69. The second-order valence-electron chi connectivity index (χ2n) is 6.23. The van der Waals surface area contributed by atoms with Gasteiger partial charge in [0.2, 0.25) is 11.8 Å². The lowest BCUT2D eigenvalue weighted by atomic mass is 9.88. The number of hydrogen-bond donors (Lipinski definition) is 1. The summed E-state index contributed by atoms with van der Waals surface area (Å²) in [7, 11) is 0. The highest BCUT2D eigenvalue weighted by Crippen LogP contribution is 2.26. The minimum absolute atomic E-state index is 0.0521. The molecule has 4 nitrogen and oxygen atoms in total. The zero-order valence-electron chi connectivity index (χ0n) is 12.6. The minimum atomic E-state index is -0.0856. The van der Waals surface area contributed by atoms with Crippen LogP contribution in [0.3, 0.4) is 0 Å². The molecule has 0 bridgehead atoms. The highest BCUT2D eigenvalue weighted by molar-refractivity contribution is 6.30. The molecule has 1 N–H and O–H groups in total. The first-order chi connectivity index (χ1) is 10.6. The maximum absolute atomic E-state index is 12.3. The Hall–Kier alpha value is -1.55. The predicted octanol–water partition coefficient (Wildman–Crippen LogP) is 3.14. The largest absolute Gasteiger partial charge is 0.351 e. The van der Waals surface area contributed by atoms with E-state index in [-0.39, 0.29) is 23.8 Å². The number of nitrogens with one attached hydrogen (secondary N) is 1. The highest BCUT2D eigenvalue weighted by atomic mass is 35.5. The summed E-state index contributed by atoms with van der Waals surface area (Å²) < 4.78 is 0. The Labute approximate surface area is 135 Å². The molecule has 1 aliphatic carbocycles. The lowest BCUT2D eigenvalue weighted by molar-refractivity contribution is -0.126. The van der Waals surface area contributed by atoms with Gasteiger partial charge in [-0.25, -0.2) is 0 Å². The van der Waals surface area contributed by atoms with Gasteiger partial charge in [0.1, 0.15) is 0 Å².